The largest absolute Gasteiger partial charge is 0.485 e. The van der Waals surface area contributed by atoms with Crippen molar-refractivity contribution in [3.05, 3.63) is 58.1 Å². The van der Waals surface area contributed by atoms with Crippen LogP contribution in [0.15, 0.2) is 41.3 Å². The molecule has 1 aromatic carbocycles. The fourth-order valence-corrected chi connectivity index (χ4v) is 3.45. The second-order valence-electron chi connectivity index (χ2n) is 6.37. The topological polar surface area (TPSA) is 88.9 Å². The van der Waals surface area contributed by atoms with Gasteiger partial charge in [0, 0.05) is 25.2 Å². The lowest BCUT2D eigenvalue weighted by molar-refractivity contribution is -0.142. The Labute approximate surface area is 148 Å². The van der Waals surface area contributed by atoms with E-state index in [2.05, 4.69) is 10.1 Å². The van der Waals surface area contributed by atoms with Gasteiger partial charge in [0.2, 0.25) is 6.10 Å². The first-order valence-corrected chi connectivity index (χ1v) is 8.46. The number of fused-ring (bicyclic) bond motifs is 3. The van der Waals surface area contributed by atoms with Crippen LogP contribution in [-0.2, 0) is 17.8 Å². The molecule has 5 rings (SSSR count). The molecule has 2 aromatic heterocycles. The summed E-state index contributed by atoms with van der Waals surface area (Å²) in [7, 11) is 0. The monoisotopic (exact) mass is 352 g/mol. The molecule has 0 fully saturated rings. The highest BCUT2D eigenvalue weighted by molar-refractivity contribution is 5.82. The molecule has 4 heterocycles. The highest BCUT2D eigenvalue weighted by atomic mass is 16.6. The van der Waals surface area contributed by atoms with Gasteiger partial charge in [0.15, 0.2) is 17.1 Å². The fourth-order valence-electron chi connectivity index (χ4n) is 3.45. The predicted octanol–water partition coefficient (Wildman–Crippen LogP) is 0.747. The minimum atomic E-state index is -0.712. The van der Waals surface area contributed by atoms with Crippen molar-refractivity contribution in [2.75, 3.05) is 13.2 Å². The lowest BCUT2D eigenvalue weighted by atomic mass is 10.1. The molecule has 0 unspecified atom stereocenters. The summed E-state index contributed by atoms with van der Waals surface area (Å²) >= 11 is 0. The maximum Gasteiger partial charge on any atom is 0.277 e. The number of ether oxygens (including phenoxy) is 2. The number of rotatable bonds is 1. The third kappa shape index (κ3) is 2.26. The van der Waals surface area contributed by atoms with Crippen LogP contribution in [0, 0.1) is 0 Å². The molecule has 8 heteroatoms. The molecule has 26 heavy (non-hydrogen) atoms. The van der Waals surface area contributed by atoms with Crippen LogP contribution in [0.25, 0.3) is 5.65 Å². The summed E-state index contributed by atoms with van der Waals surface area (Å²) in [6.07, 6.45) is 1.50. The summed E-state index contributed by atoms with van der Waals surface area (Å²) in [4.78, 5) is 31.7. The number of aromatic nitrogens is 3. The van der Waals surface area contributed by atoms with E-state index in [9.17, 15) is 9.59 Å². The summed E-state index contributed by atoms with van der Waals surface area (Å²) in [5.74, 6) is 1.02. The molecule has 0 saturated carbocycles. The van der Waals surface area contributed by atoms with Crippen LogP contribution >= 0.6 is 0 Å². The predicted molar refractivity (Wildman–Crippen MR) is 91.3 cm³/mol. The number of amides is 1. The Balaban J connectivity index is 1.41. The molecule has 2 aliphatic heterocycles. The van der Waals surface area contributed by atoms with E-state index in [0.29, 0.717) is 35.7 Å². The smallest absolute Gasteiger partial charge is 0.277 e. The number of hydrogen-bond donors (Lipinski definition) is 1. The van der Waals surface area contributed by atoms with Crippen LogP contribution in [0.4, 0.5) is 0 Å². The minimum Gasteiger partial charge on any atom is -0.485 e. The molecule has 8 nitrogen and oxygen atoms in total. The fraction of sp³-hybridized carbons (Fsp3) is 0.278. The van der Waals surface area contributed by atoms with Crippen molar-refractivity contribution < 1.29 is 14.3 Å². The van der Waals surface area contributed by atoms with Gasteiger partial charge in [-0.3, -0.25) is 14.7 Å². The summed E-state index contributed by atoms with van der Waals surface area (Å²) < 4.78 is 12.8. The number of H-pyrrole nitrogens is 1. The average Bonchev–Trinajstić information content (AvgIpc) is 3.16. The molecule has 132 valence electrons. The zero-order valence-corrected chi connectivity index (χ0v) is 13.8. The number of para-hydroxylation sites is 2. The Morgan fingerprint density at radius 2 is 2.08 bits per heavy atom. The molecule has 0 radical (unpaired) electrons. The SMILES string of the molecule is O=C([C@H]1COc2ccccc2O1)N1CCc2nc3cc[nH]n3c(=O)c2C1. The molecule has 3 aromatic rings. The summed E-state index contributed by atoms with van der Waals surface area (Å²) in [6.45, 7) is 0.885. The van der Waals surface area contributed by atoms with E-state index in [1.165, 1.54) is 4.52 Å². The zero-order valence-electron chi connectivity index (χ0n) is 13.8. The van der Waals surface area contributed by atoms with Crippen molar-refractivity contribution in [3.63, 3.8) is 0 Å². The van der Waals surface area contributed by atoms with E-state index < -0.39 is 6.10 Å². The highest BCUT2D eigenvalue weighted by Crippen LogP contribution is 2.31. The number of nitrogens with one attached hydrogen (secondary N) is 1. The van der Waals surface area contributed by atoms with Gasteiger partial charge >= 0.3 is 0 Å². The van der Waals surface area contributed by atoms with Gasteiger partial charge in [0.1, 0.15) is 6.61 Å². The molecular weight excluding hydrogens is 336 g/mol. The molecule has 1 N–H and O–H groups in total. The molecule has 0 bridgehead atoms. The molecular formula is C18H16N4O4. The van der Waals surface area contributed by atoms with Crippen molar-refractivity contribution in [2.24, 2.45) is 0 Å². The molecule has 1 atom stereocenters. The quantitative estimate of drug-likeness (QED) is 0.698. The first kappa shape index (κ1) is 15.0. The maximum atomic E-state index is 12.9. The number of nitrogens with zero attached hydrogens (tertiary/aromatic N) is 3. The van der Waals surface area contributed by atoms with Gasteiger partial charge in [-0.2, -0.15) is 0 Å². The van der Waals surface area contributed by atoms with Crippen LogP contribution in [0.5, 0.6) is 11.5 Å². The number of hydrogen-bond acceptors (Lipinski definition) is 5. The van der Waals surface area contributed by atoms with Crippen molar-refractivity contribution >= 4 is 11.6 Å². The van der Waals surface area contributed by atoms with E-state index in [-0.39, 0.29) is 24.6 Å². The van der Waals surface area contributed by atoms with Gasteiger partial charge in [-0.05, 0) is 12.1 Å². The van der Waals surface area contributed by atoms with E-state index in [1.54, 1.807) is 29.3 Å². The van der Waals surface area contributed by atoms with E-state index in [4.69, 9.17) is 9.47 Å². The first-order valence-electron chi connectivity index (χ1n) is 8.46. The molecule has 0 aliphatic carbocycles. The third-order valence-electron chi connectivity index (χ3n) is 4.79. The number of carbonyl (C=O) groups excluding carboxylic acids is 1. The summed E-state index contributed by atoms with van der Waals surface area (Å²) in [6, 6.07) is 9.03. The zero-order chi connectivity index (χ0) is 17.7. The van der Waals surface area contributed by atoms with Crippen LogP contribution in [0.1, 0.15) is 11.3 Å². The molecule has 0 saturated heterocycles. The molecule has 0 spiro atoms. The van der Waals surface area contributed by atoms with Crippen molar-refractivity contribution in [1.29, 1.82) is 0 Å². The second kappa shape index (κ2) is 5.62. The first-order chi connectivity index (χ1) is 12.7. The average molecular weight is 352 g/mol. The van der Waals surface area contributed by atoms with Gasteiger partial charge in [-0.1, -0.05) is 12.1 Å². The normalized spacial score (nSPS) is 18.6. The van der Waals surface area contributed by atoms with Gasteiger partial charge in [0.25, 0.3) is 11.5 Å². The Bertz CT molecular complexity index is 1070. The highest BCUT2D eigenvalue weighted by Gasteiger charge is 2.33. The number of aromatic amines is 1. The number of benzene rings is 1. The Hall–Kier alpha value is -3.29. The van der Waals surface area contributed by atoms with Crippen molar-refractivity contribution in [3.8, 4) is 11.5 Å². The number of carbonyl (C=O) groups is 1. The lowest BCUT2D eigenvalue weighted by Crippen LogP contribution is -2.49. The maximum absolute atomic E-state index is 12.9. The van der Waals surface area contributed by atoms with E-state index in [0.717, 1.165) is 5.69 Å². The van der Waals surface area contributed by atoms with E-state index >= 15 is 0 Å². The van der Waals surface area contributed by atoms with Gasteiger partial charge in [-0.25, -0.2) is 9.50 Å². The van der Waals surface area contributed by atoms with Crippen LogP contribution in [0.2, 0.25) is 0 Å². The standard InChI is InChI=1S/C18H16N4O4/c23-17-11-9-21(8-6-12(11)20-16-5-7-19-22(16)17)18(24)15-10-25-13-3-1-2-4-14(13)26-15/h1-5,7,15,19H,6,8-10H2/t15-/m1/s1. The minimum absolute atomic E-state index is 0.159. The van der Waals surface area contributed by atoms with E-state index in [1.807, 2.05) is 12.1 Å². The second-order valence-corrected chi connectivity index (χ2v) is 6.37. The Kier molecular flexibility index (Phi) is 3.24. The van der Waals surface area contributed by atoms with Crippen molar-refractivity contribution in [1.82, 2.24) is 19.5 Å². The van der Waals surface area contributed by atoms with Gasteiger partial charge in [0.05, 0.1) is 17.8 Å². The molecule has 2 aliphatic rings. The van der Waals surface area contributed by atoms with Crippen LogP contribution in [-0.4, -0.2) is 44.7 Å². The van der Waals surface area contributed by atoms with Crippen LogP contribution < -0.4 is 15.0 Å². The van der Waals surface area contributed by atoms with Crippen molar-refractivity contribution in [2.45, 2.75) is 19.1 Å². The summed E-state index contributed by atoms with van der Waals surface area (Å²) in [5.41, 5.74) is 1.72. The Morgan fingerprint density at radius 3 is 2.96 bits per heavy atom. The Morgan fingerprint density at radius 1 is 1.23 bits per heavy atom. The lowest BCUT2D eigenvalue weighted by Gasteiger charge is -2.33. The molecule has 1 amide bonds. The van der Waals surface area contributed by atoms with Gasteiger partial charge in [-0.15, -0.1) is 0 Å². The van der Waals surface area contributed by atoms with Crippen LogP contribution in [0.3, 0.4) is 0 Å². The van der Waals surface area contributed by atoms with Gasteiger partial charge < -0.3 is 14.4 Å². The third-order valence-corrected chi connectivity index (χ3v) is 4.79. The summed E-state index contributed by atoms with van der Waals surface area (Å²) in [5, 5.41) is 2.85.